The number of anilines is 1. The number of hydrogen-bond donors (Lipinski definition) is 0. The Morgan fingerprint density at radius 3 is 2.78 bits per heavy atom. The number of nitrogens with zero attached hydrogens (tertiary/aromatic N) is 5. The van der Waals surface area contributed by atoms with Gasteiger partial charge in [0.2, 0.25) is 0 Å². The van der Waals surface area contributed by atoms with E-state index in [2.05, 4.69) is 5.10 Å². The molecule has 138 valence electrons. The van der Waals surface area contributed by atoms with Gasteiger partial charge in [0, 0.05) is 44.8 Å². The summed E-state index contributed by atoms with van der Waals surface area (Å²) in [6, 6.07) is 9.48. The molecule has 4 heterocycles. The topological polar surface area (TPSA) is 74.8 Å². The average Bonchev–Trinajstić information content (AvgIpc) is 3.33. The third-order valence-electron chi connectivity index (χ3n) is 5.28. The van der Waals surface area contributed by atoms with Crippen molar-refractivity contribution < 1.29 is 14.0 Å². The van der Waals surface area contributed by atoms with E-state index >= 15 is 0 Å². The van der Waals surface area contributed by atoms with E-state index in [0.717, 1.165) is 16.7 Å². The van der Waals surface area contributed by atoms with Crippen LogP contribution in [0.5, 0.6) is 0 Å². The maximum Gasteiger partial charge on any atom is 0.324 e. The van der Waals surface area contributed by atoms with E-state index in [4.69, 9.17) is 4.42 Å². The number of furan rings is 1. The Balaban J connectivity index is 1.25. The van der Waals surface area contributed by atoms with Crippen molar-refractivity contribution in [2.45, 2.75) is 6.04 Å². The first-order valence-corrected chi connectivity index (χ1v) is 8.95. The van der Waals surface area contributed by atoms with Crippen LogP contribution >= 0.6 is 0 Å². The molecule has 2 aromatic heterocycles. The van der Waals surface area contributed by atoms with E-state index in [9.17, 15) is 9.59 Å². The van der Waals surface area contributed by atoms with Gasteiger partial charge in [-0.15, -0.1) is 0 Å². The number of aromatic nitrogens is 2. The van der Waals surface area contributed by atoms with Gasteiger partial charge in [-0.3, -0.25) is 14.4 Å². The molecule has 2 aliphatic rings. The first-order valence-electron chi connectivity index (χ1n) is 8.95. The second-order valence-electron chi connectivity index (χ2n) is 7.05. The second-order valence-corrected chi connectivity index (χ2v) is 7.05. The van der Waals surface area contributed by atoms with Gasteiger partial charge in [0.1, 0.15) is 5.58 Å². The molecule has 8 heteroatoms. The summed E-state index contributed by atoms with van der Waals surface area (Å²) in [6.45, 7) is 2.53. The molecule has 0 unspecified atom stereocenters. The minimum absolute atomic E-state index is 0.00940. The largest absolute Gasteiger partial charge is 0.451 e. The summed E-state index contributed by atoms with van der Waals surface area (Å²) in [6.07, 6.45) is 3.59. The molecule has 0 radical (unpaired) electrons. The molecular weight excluding hydrogens is 346 g/mol. The van der Waals surface area contributed by atoms with Crippen molar-refractivity contribution in [3.63, 3.8) is 0 Å². The zero-order chi connectivity index (χ0) is 18.5. The number of carbonyl (C=O) groups excluding carboxylic acids is 2. The Labute approximate surface area is 155 Å². The molecule has 0 bridgehead atoms. The van der Waals surface area contributed by atoms with Crippen LogP contribution in [0.2, 0.25) is 0 Å². The van der Waals surface area contributed by atoms with Gasteiger partial charge >= 0.3 is 6.03 Å². The van der Waals surface area contributed by atoms with Crippen molar-refractivity contribution in [2.75, 3.05) is 38.1 Å². The van der Waals surface area contributed by atoms with Crippen molar-refractivity contribution in [2.24, 2.45) is 0 Å². The number of benzene rings is 1. The molecule has 27 heavy (non-hydrogen) atoms. The summed E-state index contributed by atoms with van der Waals surface area (Å²) in [4.78, 5) is 29.9. The lowest BCUT2D eigenvalue weighted by molar-refractivity contribution is 0.0472. The first kappa shape index (κ1) is 15.9. The van der Waals surface area contributed by atoms with Crippen LogP contribution in [-0.4, -0.2) is 64.7 Å². The minimum atomic E-state index is -0.105. The molecule has 1 aromatic carbocycles. The van der Waals surface area contributed by atoms with Gasteiger partial charge in [0.05, 0.1) is 17.9 Å². The molecule has 0 atom stereocenters. The van der Waals surface area contributed by atoms with Gasteiger partial charge in [0.25, 0.3) is 5.91 Å². The van der Waals surface area contributed by atoms with E-state index in [-0.39, 0.29) is 18.0 Å². The predicted octanol–water partition coefficient (Wildman–Crippen LogP) is 2.20. The molecule has 3 amide bonds. The number of carbonyl (C=O) groups is 2. The summed E-state index contributed by atoms with van der Waals surface area (Å²) in [5, 5.41) is 5.31. The highest BCUT2D eigenvalue weighted by Crippen LogP contribution is 2.27. The highest BCUT2D eigenvalue weighted by Gasteiger charge is 2.35. The number of likely N-dealkylation sites (tertiary alicyclic amines) is 1. The SMILES string of the molecule is CN1CCN(c2cnn(C3CN(C(=O)c4cc5ccccc5o4)C3)c2)C1=O. The van der Waals surface area contributed by atoms with Crippen molar-refractivity contribution in [1.82, 2.24) is 19.6 Å². The summed E-state index contributed by atoms with van der Waals surface area (Å²) < 4.78 is 7.50. The highest BCUT2D eigenvalue weighted by atomic mass is 16.3. The molecule has 0 saturated carbocycles. The number of rotatable bonds is 3. The molecule has 0 aliphatic carbocycles. The van der Waals surface area contributed by atoms with E-state index in [1.54, 1.807) is 34.0 Å². The second kappa shape index (κ2) is 5.87. The van der Waals surface area contributed by atoms with Crippen molar-refractivity contribution >= 4 is 28.6 Å². The zero-order valence-corrected chi connectivity index (χ0v) is 14.9. The van der Waals surface area contributed by atoms with Gasteiger partial charge in [-0.2, -0.15) is 5.10 Å². The fraction of sp³-hybridized carbons (Fsp3) is 0.316. The third-order valence-corrected chi connectivity index (χ3v) is 5.28. The standard InChI is InChI=1S/C19H19N5O3/c1-21-6-7-23(19(21)26)14-9-20-24(12-14)15-10-22(11-15)18(25)17-8-13-4-2-3-5-16(13)27-17/h2-5,8-9,12,15H,6-7,10-11H2,1H3. The summed E-state index contributed by atoms with van der Waals surface area (Å²) in [5.74, 6) is 0.257. The normalized spacial score (nSPS) is 17.8. The van der Waals surface area contributed by atoms with Crippen LogP contribution in [0.4, 0.5) is 10.5 Å². The average molecular weight is 365 g/mol. The van der Waals surface area contributed by atoms with Gasteiger partial charge in [-0.25, -0.2) is 4.79 Å². The van der Waals surface area contributed by atoms with Crippen LogP contribution in [0, 0.1) is 0 Å². The lowest BCUT2D eigenvalue weighted by Gasteiger charge is -2.38. The summed E-state index contributed by atoms with van der Waals surface area (Å²) in [7, 11) is 1.79. The van der Waals surface area contributed by atoms with E-state index < -0.39 is 0 Å². The molecule has 0 N–H and O–H groups in total. The fourth-order valence-electron chi connectivity index (χ4n) is 3.59. The number of amides is 3. The monoisotopic (exact) mass is 365 g/mol. The van der Waals surface area contributed by atoms with Crippen LogP contribution < -0.4 is 4.90 Å². The molecule has 2 aliphatic heterocycles. The summed E-state index contributed by atoms with van der Waals surface area (Å²) >= 11 is 0. The van der Waals surface area contributed by atoms with Crippen LogP contribution in [0.25, 0.3) is 11.0 Å². The van der Waals surface area contributed by atoms with E-state index in [0.29, 0.717) is 31.9 Å². The molecule has 3 aromatic rings. The van der Waals surface area contributed by atoms with Gasteiger partial charge in [0.15, 0.2) is 5.76 Å². The van der Waals surface area contributed by atoms with Gasteiger partial charge in [-0.05, 0) is 12.1 Å². The van der Waals surface area contributed by atoms with Crippen molar-refractivity contribution in [3.8, 4) is 0 Å². The Morgan fingerprint density at radius 1 is 1.22 bits per heavy atom. The zero-order valence-electron chi connectivity index (χ0n) is 14.9. The third kappa shape index (κ3) is 2.56. The molecule has 8 nitrogen and oxygen atoms in total. The smallest absolute Gasteiger partial charge is 0.324 e. The number of fused-ring (bicyclic) bond motifs is 1. The number of hydrogen-bond acceptors (Lipinski definition) is 4. The highest BCUT2D eigenvalue weighted by molar-refractivity contribution is 5.96. The van der Waals surface area contributed by atoms with Crippen LogP contribution in [0.1, 0.15) is 16.6 Å². The molecule has 2 fully saturated rings. The van der Waals surface area contributed by atoms with Gasteiger partial charge < -0.3 is 14.2 Å². The minimum Gasteiger partial charge on any atom is -0.451 e. The number of urea groups is 1. The van der Waals surface area contributed by atoms with Crippen LogP contribution in [0.3, 0.4) is 0 Å². The Hall–Kier alpha value is -3.29. The number of likely N-dealkylation sites (N-methyl/N-ethyl adjacent to an activating group) is 1. The molecular formula is C19H19N5O3. The molecule has 2 saturated heterocycles. The summed E-state index contributed by atoms with van der Waals surface area (Å²) in [5.41, 5.74) is 1.52. The first-order chi connectivity index (χ1) is 13.1. The lowest BCUT2D eigenvalue weighted by Crippen LogP contribution is -2.50. The van der Waals surface area contributed by atoms with Gasteiger partial charge in [-0.1, -0.05) is 18.2 Å². The Morgan fingerprint density at radius 2 is 2.04 bits per heavy atom. The maximum absolute atomic E-state index is 12.6. The van der Waals surface area contributed by atoms with Crippen LogP contribution in [0.15, 0.2) is 47.1 Å². The fourth-order valence-corrected chi connectivity index (χ4v) is 3.59. The van der Waals surface area contributed by atoms with Crippen molar-refractivity contribution in [1.29, 1.82) is 0 Å². The maximum atomic E-state index is 12.6. The quantitative estimate of drug-likeness (QED) is 0.713. The van der Waals surface area contributed by atoms with Crippen molar-refractivity contribution in [3.05, 3.63) is 48.5 Å². The van der Waals surface area contributed by atoms with Crippen LogP contribution in [-0.2, 0) is 0 Å². The Bertz CT molecular complexity index is 1000. The predicted molar refractivity (Wildman–Crippen MR) is 98.8 cm³/mol. The number of para-hydroxylation sites is 1. The van der Waals surface area contributed by atoms with E-state index in [1.165, 1.54) is 0 Å². The molecule has 0 spiro atoms. The molecule has 5 rings (SSSR count). The Kier molecular flexibility index (Phi) is 3.46. The van der Waals surface area contributed by atoms with E-state index in [1.807, 2.05) is 35.1 Å². The lowest BCUT2D eigenvalue weighted by atomic mass is 10.1.